The van der Waals surface area contributed by atoms with Crippen LogP contribution in [-0.4, -0.2) is 4.98 Å². The van der Waals surface area contributed by atoms with Gasteiger partial charge in [-0.2, -0.15) is 5.26 Å². The number of rotatable bonds is 2. The van der Waals surface area contributed by atoms with E-state index in [-0.39, 0.29) is 22.4 Å². The second kappa shape index (κ2) is 4.33. The maximum Gasteiger partial charge on any atom is 0.266 e. The molecular formula is C8H6BrF2N3. The van der Waals surface area contributed by atoms with Gasteiger partial charge >= 0.3 is 0 Å². The molecule has 2 N–H and O–H groups in total. The summed E-state index contributed by atoms with van der Waals surface area (Å²) in [6.07, 6.45) is -2.65. The van der Waals surface area contributed by atoms with Crippen molar-refractivity contribution in [1.29, 1.82) is 5.26 Å². The Morgan fingerprint density at radius 1 is 1.64 bits per heavy atom. The summed E-state index contributed by atoms with van der Waals surface area (Å²) in [5.74, 6) is 0.0998. The fraction of sp³-hybridized carbons (Fsp3) is 0.250. The summed E-state index contributed by atoms with van der Waals surface area (Å²) in [6.45, 7) is 0. The molecule has 74 valence electrons. The molecule has 1 aromatic heterocycles. The van der Waals surface area contributed by atoms with Crippen molar-refractivity contribution in [3.05, 3.63) is 21.8 Å². The molecule has 0 spiro atoms. The number of halogens is 3. The van der Waals surface area contributed by atoms with Crippen LogP contribution in [0.2, 0.25) is 0 Å². The maximum absolute atomic E-state index is 12.4. The molecule has 1 rings (SSSR count). The highest BCUT2D eigenvalue weighted by Crippen LogP contribution is 2.28. The highest BCUT2D eigenvalue weighted by molar-refractivity contribution is 9.10. The summed E-state index contributed by atoms with van der Waals surface area (Å²) < 4.78 is 24.8. The van der Waals surface area contributed by atoms with Crippen LogP contribution >= 0.6 is 15.9 Å². The molecule has 14 heavy (non-hydrogen) atoms. The average molecular weight is 262 g/mol. The topological polar surface area (TPSA) is 62.7 Å². The van der Waals surface area contributed by atoms with E-state index < -0.39 is 6.43 Å². The van der Waals surface area contributed by atoms with Crippen molar-refractivity contribution in [2.75, 3.05) is 5.73 Å². The number of aromatic nitrogens is 1. The van der Waals surface area contributed by atoms with Crippen molar-refractivity contribution in [3.8, 4) is 6.07 Å². The van der Waals surface area contributed by atoms with E-state index in [0.29, 0.717) is 5.56 Å². The largest absolute Gasteiger partial charge is 0.383 e. The predicted molar refractivity (Wildman–Crippen MR) is 50.6 cm³/mol. The summed E-state index contributed by atoms with van der Waals surface area (Å²) in [4.78, 5) is 3.68. The molecule has 0 aliphatic carbocycles. The van der Waals surface area contributed by atoms with Crippen molar-refractivity contribution in [2.45, 2.75) is 12.8 Å². The summed E-state index contributed by atoms with van der Waals surface area (Å²) in [7, 11) is 0. The molecule has 6 heteroatoms. The minimum Gasteiger partial charge on any atom is -0.383 e. The fourth-order valence-electron chi connectivity index (χ4n) is 0.943. The zero-order chi connectivity index (χ0) is 10.7. The van der Waals surface area contributed by atoms with Crippen molar-refractivity contribution < 1.29 is 8.78 Å². The Morgan fingerprint density at radius 3 is 2.79 bits per heavy atom. The molecule has 0 saturated carbocycles. The number of nitrogens with two attached hydrogens (primary N) is 1. The van der Waals surface area contributed by atoms with Crippen LogP contribution in [0.25, 0.3) is 0 Å². The van der Waals surface area contributed by atoms with Crippen molar-refractivity contribution in [3.63, 3.8) is 0 Å². The lowest BCUT2D eigenvalue weighted by Crippen LogP contribution is -2.01. The van der Waals surface area contributed by atoms with Crippen LogP contribution in [0.1, 0.15) is 17.6 Å². The number of hydrogen-bond acceptors (Lipinski definition) is 3. The molecule has 1 heterocycles. The fourth-order valence-corrected chi connectivity index (χ4v) is 1.42. The molecule has 0 aromatic carbocycles. The highest BCUT2D eigenvalue weighted by Gasteiger charge is 2.15. The first-order valence-electron chi connectivity index (χ1n) is 3.66. The van der Waals surface area contributed by atoms with Crippen molar-refractivity contribution in [1.82, 2.24) is 4.98 Å². The Labute approximate surface area is 87.7 Å². The van der Waals surface area contributed by atoms with E-state index in [2.05, 4.69) is 20.9 Å². The molecule has 0 aliphatic heterocycles. The molecule has 1 aromatic rings. The van der Waals surface area contributed by atoms with E-state index in [9.17, 15) is 8.78 Å². The first-order valence-corrected chi connectivity index (χ1v) is 4.45. The van der Waals surface area contributed by atoms with Gasteiger partial charge in [0.05, 0.1) is 18.1 Å². The summed E-state index contributed by atoms with van der Waals surface area (Å²) >= 11 is 2.88. The van der Waals surface area contributed by atoms with Gasteiger partial charge in [-0.1, -0.05) is 0 Å². The summed E-state index contributed by atoms with van der Waals surface area (Å²) in [6, 6.07) is 3.02. The predicted octanol–water partition coefficient (Wildman–Crippen LogP) is 2.43. The molecule has 0 amide bonds. The van der Waals surface area contributed by atoms with Gasteiger partial charge < -0.3 is 5.73 Å². The van der Waals surface area contributed by atoms with Gasteiger partial charge in [-0.3, -0.25) is 0 Å². The van der Waals surface area contributed by atoms with E-state index in [1.54, 1.807) is 0 Å². The first-order chi connectivity index (χ1) is 6.56. The van der Waals surface area contributed by atoms with Gasteiger partial charge in [0.1, 0.15) is 10.4 Å². The summed E-state index contributed by atoms with van der Waals surface area (Å²) in [5.41, 5.74) is 5.52. The maximum atomic E-state index is 12.4. The lowest BCUT2D eigenvalue weighted by atomic mass is 10.1. The summed E-state index contributed by atoms with van der Waals surface area (Å²) in [5, 5.41) is 8.41. The Balaban J connectivity index is 3.21. The molecule has 0 atom stereocenters. The zero-order valence-corrected chi connectivity index (χ0v) is 8.55. The van der Waals surface area contributed by atoms with E-state index >= 15 is 0 Å². The Kier molecular flexibility index (Phi) is 3.36. The van der Waals surface area contributed by atoms with Crippen molar-refractivity contribution >= 4 is 21.7 Å². The third kappa shape index (κ3) is 2.17. The zero-order valence-electron chi connectivity index (χ0n) is 6.97. The molecule has 0 radical (unpaired) electrons. The number of nitrogen functional groups attached to an aromatic ring is 1. The number of alkyl halides is 2. The van der Waals surface area contributed by atoms with Gasteiger partial charge in [0.25, 0.3) is 6.43 Å². The molecule has 0 bridgehead atoms. The number of pyridine rings is 1. The van der Waals surface area contributed by atoms with Crippen LogP contribution < -0.4 is 5.73 Å². The first kappa shape index (κ1) is 10.9. The van der Waals surface area contributed by atoms with E-state index in [1.807, 2.05) is 6.07 Å². The van der Waals surface area contributed by atoms with Crippen LogP contribution in [0.5, 0.6) is 0 Å². The number of hydrogen-bond donors (Lipinski definition) is 1. The Morgan fingerprint density at radius 2 is 2.29 bits per heavy atom. The highest BCUT2D eigenvalue weighted by atomic mass is 79.9. The minimum atomic E-state index is -2.63. The van der Waals surface area contributed by atoms with Crippen LogP contribution in [0, 0.1) is 11.3 Å². The van der Waals surface area contributed by atoms with Crippen LogP contribution in [-0.2, 0) is 6.42 Å². The van der Waals surface area contributed by atoms with Gasteiger partial charge in [-0.25, -0.2) is 13.8 Å². The SMILES string of the molecule is N#CCc1cc(C(F)F)c(Br)nc1N. The van der Waals surface area contributed by atoms with Crippen LogP contribution in [0.4, 0.5) is 14.6 Å². The number of anilines is 1. The second-order valence-corrected chi connectivity index (χ2v) is 3.30. The quantitative estimate of drug-likeness (QED) is 0.832. The Hall–Kier alpha value is -1.22. The van der Waals surface area contributed by atoms with E-state index in [4.69, 9.17) is 11.0 Å². The lowest BCUT2D eigenvalue weighted by Gasteiger charge is -2.06. The van der Waals surface area contributed by atoms with Gasteiger partial charge in [0.15, 0.2) is 0 Å². The smallest absolute Gasteiger partial charge is 0.266 e. The van der Waals surface area contributed by atoms with Crippen molar-refractivity contribution in [2.24, 2.45) is 0 Å². The second-order valence-electron chi connectivity index (χ2n) is 2.55. The van der Waals surface area contributed by atoms with E-state index in [0.717, 1.165) is 0 Å². The van der Waals surface area contributed by atoms with Crippen LogP contribution in [0.3, 0.4) is 0 Å². The normalized spacial score (nSPS) is 10.2. The molecule has 3 nitrogen and oxygen atoms in total. The van der Waals surface area contributed by atoms with E-state index in [1.165, 1.54) is 6.07 Å². The monoisotopic (exact) mass is 261 g/mol. The Bertz CT molecular complexity index is 387. The van der Waals surface area contributed by atoms with Crippen LogP contribution in [0.15, 0.2) is 10.7 Å². The van der Waals surface area contributed by atoms with Gasteiger partial charge in [0, 0.05) is 5.56 Å². The standard InChI is InChI=1S/C8H6BrF2N3/c9-6-5(7(10)11)3-4(1-2-12)8(13)14-6/h3,7H,1H2,(H2,13,14). The van der Waals surface area contributed by atoms with Gasteiger partial charge in [-0.15, -0.1) is 0 Å². The lowest BCUT2D eigenvalue weighted by molar-refractivity contribution is 0.150. The molecular weight excluding hydrogens is 256 g/mol. The minimum absolute atomic E-state index is 0.0201. The number of nitrogens with zero attached hydrogens (tertiary/aromatic N) is 2. The molecule has 0 fully saturated rings. The third-order valence-electron chi connectivity index (χ3n) is 1.62. The molecule has 0 aliphatic rings. The molecule has 0 unspecified atom stereocenters. The number of nitriles is 1. The third-order valence-corrected chi connectivity index (χ3v) is 2.26. The average Bonchev–Trinajstić information content (AvgIpc) is 2.09. The van der Waals surface area contributed by atoms with Gasteiger partial charge in [-0.05, 0) is 22.0 Å². The molecule has 0 saturated heterocycles. The van der Waals surface area contributed by atoms with Gasteiger partial charge in [0.2, 0.25) is 0 Å².